The largest absolute Gasteiger partial charge is 0.369 e. The number of primary amides is 1. The molecular formula is C30H35FN4O3. The topological polar surface area (TPSA) is 99.5 Å². The molecule has 0 bridgehead atoms. The third-order valence-electron chi connectivity index (χ3n) is 8.91. The summed E-state index contributed by atoms with van der Waals surface area (Å²) < 4.78 is 13.7. The first-order valence-electron chi connectivity index (χ1n) is 13.2. The number of fused-ring (bicyclic) bond motifs is 1. The molecule has 200 valence electrons. The number of hydrogen-bond donors (Lipinski definition) is 2. The van der Waals surface area contributed by atoms with Gasteiger partial charge in [-0.15, -0.1) is 0 Å². The zero-order chi connectivity index (χ0) is 27.2. The van der Waals surface area contributed by atoms with Crippen LogP contribution in [-0.4, -0.2) is 59.2 Å². The smallest absolute Gasteiger partial charge is 0.231 e. The van der Waals surface area contributed by atoms with Crippen molar-refractivity contribution in [1.82, 2.24) is 14.8 Å². The summed E-state index contributed by atoms with van der Waals surface area (Å²) in [7, 11) is 1.78. The molecular weight excluding hydrogens is 483 g/mol. The van der Waals surface area contributed by atoms with Crippen LogP contribution in [0.15, 0.2) is 54.7 Å². The first-order chi connectivity index (χ1) is 18.0. The Balaban J connectivity index is 1.49. The van der Waals surface area contributed by atoms with Gasteiger partial charge >= 0.3 is 0 Å². The molecule has 3 aromatic rings. The number of amides is 3. The molecule has 2 aliphatic heterocycles. The van der Waals surface area contributed by atoms with Crippen LogP contribution in [0, 0.1) is 22.6 Å². The number of benzene rings is 2. The van der Waals surface area contributed by atoms with Crippen LogP contribution in [0.3, 0.4) is 0 Å². The molecule has 0 saturated carbocycles. The lowest BCUT2D eigenvalue weighted by atomic mass is 9.68. The molecule has 3 amide bonds. The third-order valence-corrected chi connectivity index (χ3v) is 8.91. The number of nitrogens with one attached hydrogen (secondary N) is 1. The highest BCUT2D eigenvalue weighted by atomic mass is 19.1. The Morgan fingerprint density at radius 2 is 1.89 bits per heavy atom. The molecule has 1 spiro atoms. The van der Waals surface area contributed by atoms with Crippen LogP contribution in [-0.2, 0) is 20.8 Å². The number of likely N-dealkylation sites (N-methyl/N-ethyl adjacent to an activating group) is 1. The molecule has 3 N–H and O–H groups in total. The fourth-order valence-corrected chi connectivity index (χ4v) is 6.48. The summed E-state index contributed by atoms with van der Waals surface area (Å²) in [6, 6.07) is 14.2. The van der Waals surface area contributed by atoms with Gasteiger partial charge in [0.15, 0.2) is 0 Å². The number of hydrogen-bond acceptors (Lipinski definition) is 3. The van der Waals surface area contributed by atoms with Gasteiger partial charge in [0.1, 0.15) is 5.82 Å². The third kappa shape index (κ3) is 4.25. The molecule has 8 heteroatoms. The maximum Gasteiger partial charge on any atom is 0.231 e. The lowest BCUT2D eigenvalue weighted by Gasteiger charge is -2.44. The van der Waals surface area contributed by atoms with Gasteiger partial charge in [-0.1, -0.05) is 44.2 Å². The Morgan fingerprint density at radius 1 is 1.18 bits per heavy atom. The van der Waals surface area contributed by atoms with E-state index in [0.717, 1.165) is 22.0 Å². The van der Waals surface area contributed by atoms with Crippen molar-refractivity contribution in [3.63, 3.8) is 0 Å². The number of aromatic nitrogens is 1. The molecule has 3 atom stereocenters. The standard InChI is InChI=1S/C30H35FN4O3/c1-29(2,27(32)37)23(15-20-16-33-25-8-5-4-7-22(20)25)26(36)35-14-6-13-30(18-35)24(17-34(3)28(30)38)19-9-11-21(31)12-10-19/h4-5,7-12,16,23-24,33H,6,13-15,17-18H2,1-3H3,(H2,32,37)/t23-,24?,30?/m0/s1. The average Bonchev–Trinajstić information content (AvgIpc) is 3.42. The number of H-pyrrole nitrogens is 1. The summed E-state index contributed by atoms with van der Waals surface area (Å²) in [6.07, 6.45) is 3.55. The molecule has 2 fully saturated rings. The van der Waals surface area contributed by atoms with Crippen LogP contribution in [0.1, 0.15) is 43.7 Å². The van der Waals surface area contributed by atoms with Crippen molar-refractivity contribution in [2.45, 2.75) is 39.0 Å². The number of rotatable bonds is 6. The molecule has 2 unspecified atom stereocenters. The van der Waals surface area contributed by atoms with Crippen molar-refractivity contribution >= 4 is 28.6 Å². The zero-order valence-corrected chi connectivity index (χ0v) is 22.2. The van der Waals surface area contributed by atoms with Crippen LogP contribution < -0.4 is 5.73 Å². The van der Waals surface area contributed by atoms with E-state index in [4.69, 9.17) is 5.73 Å². The van der Waals surface area contributed by atoms with Crippen molar-refractivity contribution in [3.05, 3.63) is 71.7 Å². The van der Waals surface area contributed by atoms with Crippen molar-refractivity contribution in [2.24, 2.45) is 22.5 Å². The summed E-state index contributed by atoms with van der Waals surface area (Å²) in [4.78, 5) is 47.2. The highest BCUT2D eigenvalue weighted by Crippen LogP contribution is 2.49. The highest BCUT2D eigenvalue weighted by molar-refractivity contribution is 5.92. The maximum atomic E-state index is 14.3. The summed E-state index contributed by atoms with van der Waals surface area (Å²) >= 11 is 0. The van der Waals surface area contributed by atoms with E-state index < -0.39 is 22.7 Å². The molecule has 2 saturated heterocycles. The number of nitrogens with zero attached hydrogens (tertiary/aromatic N) is 2. The van der Waals surface area contributed by atoms with Gasteiger partial charge in [0.05, 0.1) is 16.7 Å². The SMILES string of the molecule is CN1CC(c2ccc(F)cc2)C2(CCCN(C(=O)[C@H](Cc3c[nH]c4ccccc34)C(C)(C)C(N)=O)C2)C1=O. The van der Waals surface area contributed by atoms with Gasteiger partial charge in [-0.05, 0) is 48.6 Å². The van der Waals surface area contributed by atoms with Crippen LogP contribution in [0.2, 0.25) is 0 Å². The fraction of sp³-hybridized carbons (Fsp3) is 0.433. The van der Waals surface area contributed by atoms with E-state index in [-0.39, 0.29) is 30.1 Å². The van der Waals surface area contributed by atoms with Crippen LogP contribution in [0.25, 0.3) is 10.9 Å². The lowest BCUT2D eigenvalue weighted by Crippen LogP contribution is -2.55. The van der Waals surface area contributed by atoms with Crippen molar-refractivity contribution < 1.29 is 18.8 Å². The van der Waals surface area contributed by atoms with E-state index in [2.05, 4.69) is 4.98 Å². The van der Waals surface area contributed by atoms with Crippen molar-refractivity contribution in [1.29, 1.82) is 0 Å². The number of nitrogens with two attached hydrogens (primary N) is 1. The molecule has 0 aliphatic carbocycles. The molecule has 7 nitrogen and oxygen atoms in total. The number of halogens is 1. The van der Waals surface area contributed by atoms with Crippen molar-refractivity contribution in [3.8, 4) is 0 Å². The Bertz CT molecular complexity index is 1380. The first-order valence-corrected chi connectivity index (χ1v) is 13.2. The maximum absolute atomic E-state index is 14.3. The summed E-state index contributed by atoms with van der Waals surface area (Å²) in [6.45, 7) is 4.73. The summed E-state index contributed by atoms with van der Waals surface area (Å²) in [5.74, 6) is -1.89. The Morgan fingerprint density at radius 3 is 2.61 bits per heavy atom. The zero-order valence-electron chi connectivity index (χ0n) is 22.2. The van der Waals surface area contributed by atoms with E-state index in [9.17, 15) is 18.8 Å². The van der Waals surface area contributed by atoms with Gasteiger partial charge in [-0.3, -0.25) is 14.4 Å². The second-order valence-corrected chi connectivity index (χ2v) is 11.5. The molecule has 5 rings (SSSR count). The Labute approximate surface area is 222 Å². The van der Waals surface area contributed by atoms with E-state index in [0.29, 0.717) is 32.4 Å². The molecule has 3 heterocycles. The predicted molar refractivity (Wildman–Crippen MR) is 143 cm³/mol. The van der Waals surface area contributed by atoms with E-state index in [1.807, 2.05) is 30.5 Å². The van der Waals surface area contributed by atoms with Gasteiger partial charge < -0.3 is 20.5 Å². The summed E-state index contributed by atoms with van der Waals surface area (Å²) in [5, 5.41) is 1.00. The monoisotopic (exact) mass is 518 g/mol. The fourth-order valence-electron chi connectivity index (χ4n) is 6.48. The first kappa shape index (κ1) is 25.9. The Hall–Kier alpha value is -3.68. The number of piperidine rings is 1. The normalized spacial score (nSPS) is 22.8. The van der Waals surface area contributed by atoms with Crippen molar-refractivity contribution in [2.75, 3.05) is 26.7 Å². The van der Waals surface area contributed by atoms with E-state index in [1.165, 1.54) is 12.1 Å². The molecule has 38 heavy (non-hydrogen) atoms. The van der Waals surface area contributed by atoms with E-state index >= 15 is 0 Å². The molecule has 2 aliphatic rings. The minimum Gasteiger partial charge on any atom is -0.369 e. The van der Waals surface area contributed by atoms with Crippen LogP contribution in [0.5, 0.6) is 0 Å². The second kappa shape index (κ2) is 9.57. The van der Waals surface area contributed by atoms with Crippen LogP contribution in [0.4, 0.5) is 4.39 Å². The van der Waals surface area contributed by atoms with Gasteiger partial charge in [0, 0.05) is 49.7 Å². The number of aromatic amines is 1. The molecule has 2 aromatic carbocycles. The quantitative estimate of drug-likeness (QED) is 0.519. The lowest BCUT2D eigenvalue weighted by molar-refractivity contribution is -0.151. The predicted octanol–water partition coefficient (Wildman–Crippen LogP) is 3.84. The van der Waals surface area contributed by atoms with E-state index in [1.54, 1.807) is 42.8 Å². The molecule has 0 radical (unpaired) electrons. The summed E-state index contributed by atoms with van der Waals surface area (Å²) in [5.41, 5.74) is 6.75. The van der Waals surface area contributed by atoms with Gasteiger partial charge in [0.25, 0.3) is 0 Å². The van der Waals surface area contributed by atoms with Gasteiger partial charge in [-0.2, -0.15) is 0 Å². The number of carbonyl (C=O) groups is 3. The number of para-hydroxylation sites is 1. The number of carbonyl (C=O) groups excluding carboxylic acids is 3. The van der Waals surface area contributed by atoms with Gasteiger partial charge in [-0.25, -0.2) is 4.39 Å². The Kier molecular flexibility index (Phi) is 6.53. The highest BCUT2D eigenvalue weighted by Gasteiger charge is 2.56. The average molecular weight is 519 g/mol. The minimum atomic E-state index is -1.10. The van der Waals surface area contributed by atoms with Crippen LogP contribution >= 0.6 is 0 Å². The second-order valence-electron chi connectivity index (χ2n) is 11.5. The minimum absolute atomic E-state index is 0.00617. The van der Waals surface area contributed by atoms with Gasteiger partial charge in [0.2, 0.25) is 17.7 Å². The number of likely N-dealkylation sites (tertiary alicyclic amines) is 2. The molecule has 1 aromatic heterocycles.